The van der Waals surface area contributed by atoms with Crippen LogP contribution in [0.5, 0.6) is 0 Å². The smallest absolute Gasteiger partial charge is 0.229 e. The summed E-state index contributed by atoms with van der Waals surface area (Å²) >= 11 is 0. The Balaban J connectivity index is 1.49. The molecule has 6 heteroatoms. The van der Waals surface area contributed by atoms with Gasteiger partial charge in [0.1, 0.15) is 5.82 Å². The predicted octanol–water partition coefficient (Wildman–Crippen LogP) is 3.12. The van der Waals surface area contributed by atoms with Crippen molar-refractivity contribution in [1.29, 1.82) is 0 Å². The summed E-state index contributed by atoms with van der Waals surface area (Å²) in [6.45, 7) is 0.246. The van der Waals surface area contributed by atoms with Gasteiger partial charge in [-0.3, -0.25) is 4.79 Å². The quantitative estimate of drug-likeness (QED) is 0.920. The molecule has 2 aromatic rings. The maximum Gasteiger partial charge on any atom is 0.229 e. The third kappa shape index (κ3) is 4.37. The van der Waals surface area contributed by atoms with Gasteiger partial charge < -0.3 is 9.84 Å². The van der Waals surface area contributed by atoms with E-state index in [0.717, 1.165) is 18.4 Å². The fourth-order valence-corrected chi connectivity index (χ4v) is 2.88. The standard InChI is InChI=1S/C17H20FN3O2/c18-14-8-6-12(7-9-14)10-16(22)19-11-15-20-17(23-21-15)13-4-2-1-3-5-13/h6-9,13H,1-5,10-11H2,(H,19,22). The molecule has 3 rings (SSSR count). The van der Waals surface area contributed by atoms with Gasteiger partial charge in [-0.2, -0.15) is 4.98 Å². The zero-order valence-corrected chi connectivity index (χ0v) is 12.9. The van der Waals surface area contributed by atoms with Crippen LogP contribution < -0.4 is 5.32 Å². The van der Waals surface area contributed by atoms with Gasteiger partial charge in [-0.25, -0.2) is 4.39 Å². The highest BCUT2D eigenvalue weighted by atomic mass is 19.1. The number of rotatable bonds is 5. The molecule has 0 atom stereocenters. The summed E-state index contributed by atoms with van der Waals surface area (Å²) < 4.78 is 18.1. The second kappa shape index (κ2) is 7.35. The first-order chi connectivity index (χ1) is 11.2. The second-order valence-electron chi connectivity index (χ2n) is 5.96. The van der Waals surface area contributed by atoms with Crippen molar-refractivity contribution in [3.8, 4) is 0 Å². The van der Waals surface area contributed by atoms with Crippen molar-refractivity contribution >= 4 is 5.91 Å². The molecular formula is C17H20FN3O2. The number of benzene rings is 1. The molecule has 0 aliphatic heterocycles. The molecule has 122 valence electrons. The highest BCUT2D eigenvalue weighted by Gasteiger charge is 2.21. The van der Waals surface area contributed by atoms with Crippen LogP contribution in [-0.2, 0) is 17.8 Å². The molecule has 1 amide bonds. The molecular weight excluding hydrogens is 297 g/mol. The Hall–Kier alpha value is -2.24. The molecule has 1 aromatic heterocycles. The average Bonchev–Trinajstić information content (AvgIpc) is 3.05. The molecule has 1 aliphatic rings. The number of nitrogens with zero attached hydrogens (tertiary/aromatic N) is 2. The first-order valence-corrected chi connectivity index (χ1v) is 8.04. The van der Waals surface area contributed by atoms with Crippen LogP contribution in [0.3, 0.4) is 0 Å². The van der Waals surface area contributed by atoms with E-state index in [1.807, 2.05) is 0 Å². The van der Waals surface area contributed by atoms with Crippen molar-refractivity contribution in [3.63, 3.8) is 0 Å². The summed E-state index contributed by atoms with van der Waals surface area (Å²) in [5.41, 5.74) is 0.764. The Bertz CT molecular complexity index is 648. The zero-order chi connectivity index (χ0) is 16.1. The maximum absolute atomic E-state index is 12.8. The minimum atomic E-state index is -0.309. The molecule has 0 unspecified atom stereocenters. The molecule has 23 heavy (non-hydrogen) atoms. The molecule has 1 N–H and O–H groups in total. The fraction of sp³-hybridized carbons (Fsp3) is 0.471. The number of halogens is 1. The summed E-state index contributed by atoms with van der Waals surface area (Å²) in [6.07, 6.45) is 6.08. The molecule has 0 saturated heterocycles. The zero-order valence-electron chi connectivity index (χ0n) is 12.9. The van der Waals surface area contributed by atoms with Crippen molar-refractivity contribution in [2.75, 3.05) is 0 Å². The number of aromatic nitrogens is 2. The van der Waals surface area contributed by atoms with Gasteiger partial charge >= 0.3 is 0 Å². The lowest BCUT2D eigenvalue weighted by Gasteiger charge is -2.17. The Morgan fingerprint density at radius 1 is 1.22 bits per heavy atom. The van der Waals surface area contributed by atoms with Crippen LogP contribution in [0.15, 0.2) is 28.8 Å². The van der Waals surface area contributed by atoms with Gasteiger partial charge in [0.2, 0.25) is 11.8 Å². The molecule has 1 heterocycles. The Labute approximate surface area is 134 Å². The van der Waals surface area contributed by atoms with Crippen LogP contribution in [-0.4, -0.2) is 16.0 Å². The van der Waals surface area contributed by atoms with E-state index >= 15 is 0 Å². The SMILES string of the molecule is O=C(Cc1ccc(F)cc1)NCc1noc(C2CCCCC2)n1. The van der Waals surface area contributed by atoms with Crippen molar-refractivity contribution in [3.05, 3.63) is 47.4 Å². The van der Waals surface area contributed by atoms with E-state index < -0.39 is 0 Å². The van der Waals surface area contributed by atoms with E-state index in [2.05, 4.69) is 15.5 Å². The Kier molecular flexibility index (Phi) is 5.00. The molecule has 1 fully saturated rings. The van der Waals surface area contributed by atoms with Crippen molar-refractivity contribution in [2.24, 2.45) is 0 Å². The van der Waals surface area contributed by atoms with E-state index in [1.165, 1.54) is 31.4 Å². The number of nitrogens with one attached hydrogen (secondary N) is 1. The molecule has 0 bridgehead atoms. The summed E-state index contributed by atoms with van der Waals surface area (Å²) in [6, 6.07) is 5.89. The topological polar surface area (TPSA) is 68.0 Å². The van der Waals surface area contributed by atoms with Crippen molar-refractivity contribution < 1.29 is 13.7 Å². The highest BCUT2D eigenvalue weighted by molar-refractivity contribution is 5.78. The van der Waals surface area contributed by atoms with Crippen LogP contribution >= 0.6 is 0 Å². The van der Waals surface area contributed by atoms with Crippen molar-refractivity contribution in [1.82, 2.24) is 15.5 Å². The number of hydrogen-bond donors (Lipinski definition) is 1. The fourth-order valence-electron chi connectivity index (χ4n) is 2.88. The maximum atomic E-state index is 12.8. The van der Waals surface area contributed by atoms with Crippen LogP contribution in [0.1, 0.15) is 55.3 Å². The number of hydrogen-bond acceptors (Lipinski definition) is 4. The van der Waals surface area contributed by atoms with E-state index in [0.29, 0.717) is 17.6 Å². The van der Waals surface area contributed by atoms with Crippen LogP contribution in [0.2, 0.25) is 0 Å². The number of carbonyl (C=O) groups is 1. The number of carbonyl (C=O) groups excluding carboxylic acids is 1. The van der Waals surface area contributed by atoms with E-state index in [4.69, 9.17) is 4.52 Å². The van der Waals surface area contributed by atoms with E-state index in [1.54, 1.807) is 12.1 Å². The van der Waals surface area contributed by atoms with Gasteiger partial charge in [0, 0.05) is 5.92 Å². The van der Waals surface area contributed by atoms with Crippen LogP contribution in [0.4, 0.5) is 4.39 Å². The van der Waals surface area contributed by atoms with Gasteiger partial charge in [-0.1, -0.05) is 36.6 Å². The molecule has 5 nitrogen and oxygen atoms in total. The Morgan fingerprint density at radius 2 is 1.96 bits per heavy atom. The lowest BCUT2D eigenvalue weighted by atomic mass is 9.89. The van der Waals surface area contributed by atoms with Gasteiger partial charge in [0.15, 0.2) is 5.82 Å². The first kappa shape index (κ1) is 15.6. The number of amides is 1. The largest absolute Gasteiger partial charge is 0.348 e. The first-order valence-electron chi connectivity index (χ1n) is 8.04. The second-order valence-corrected chi connectivity index (χ2v) is 5.96. The third-order valence-corrected chi connectivity index (χ3v) is 4.16. The minimum Gasteiger partial charge on any atom is -0.348 e. The van der Waals surface area contributed by atoms with Crippen molar-refractivity contribution in [2.45, 2.75) is 51.0 Å². The average molecular weight is 317 g/mol. The summed E-state index contributed by atoms with van der Waals surface area (Å²) in [7, 11) is 0. The summed E-state index contributed by atoms with van der Waals surface area (Å²) in [5.74, 6) is 1.09. The highest BCUT2D eigenvalue weighted by Crippen LogP contribution is 2.31. The van der Waals surface area contributed by atoms with Gasteiger partial charge in [-0.05, 0) is 30.5 Å². The van der Waals surface area contributed by atoms with Gasteiger partial charge in [0.25, 0.3) is 0 Å². The van der Waals surface area contributed by atoms with Crippen LogP contribution in [0, 0.1) is 5.82 Å². The third-order valence-electron chi connectivity index (χ3n) is 4.16. The summed E-state index contributed by atoms with van der Waals surface area (Å²) in [4.78, 5) is 16.3. The monoisotopic (exact) mass is 317 g/mol. The predicted molar refractivity (Wildman–Crippen MR) is 82.1 cm³/mol. The lowest BCUT2D eigenvalue weighted by molar-refractivity contribution is -0.120. The van der Waals surface area contributed by atoms with Crippen LogP contribution in [0.25, 0.3) is 0 Å². The molecule has 0 radical (unpaired) electrons. The summed E-state index contributed by atoms with van der Waals surface area (Å²) in [5, 5.41) is 6.69. The molecule has 1 aliphatic carbocycles. The van der Waals surface area contributed by atoms with E-state index in [9.17, 15) is 9.18 Å². The lowest BCUT2D eigenvalue weighted by Crippen LogP contribution is -2.25. The van der Waals surface area contributed by atoms with E-state index in [-0.39, 0.29) is 24.7 Å². The molecule has 1 aromatic carbocycles. The normalized spacial score (nSPS) is 15.5. The minimum absolute atomic E-state index is 0.152. The molecule has 1 saturated carbocycles. The van der Waals surface area contributed by atoms with Gasteiger partial charge in [0.05, 0.1) is 13.0 Å². The molecule has 0 spiro atoms. The Morgan fingerprint density at radius 3 is 2.70 bits per heavy atom. The van der Waals surface area contributed by atoms with Gasteiger partial charge in [-0.15, -0.1) is 0 Å².